The van der Waals surface area contributed by atoms with Gasteiger partial charge in [0.15, 0.2) is 0 Å². The fraction of sp³-hybridized carbons (Fsp3) is 0.917. The lowest BCUT2D eigenvalue weighted by molar-refractivity contribution is -0.120. The second-order valence-electron chi connectivity index (χ2n) is 4.77. The van der Waals surface area contributed by atoms with Crippen molar-refractivity contribution in [2.45, 2.75) is 51.1 Å². The number of hydrogen-bond donors (Lipinski definition) is 2. The van der Waals surface area contributed by atoms with Crippen LogP contribution in [0.25, 0.3) is 0 Å². The van der Waals surface area contributed by atoms with Gasteiger partial charge in [-0.1, -0.05) is 12.8 Å². The van der Waals surface area contributed by atoms with E-state index in [1.807, 2.05) is 0 Å². The number of nitrogens with zero attached hydrogens (tertiary/aromatic N) is 1. The van der Waals surface area contributed by atoms with Crippen molar-refractivity contribution in [3.05, 3.63) is 0 Å². The summed E-state index contributed by atoms with van der Waals surface area (Å²) in [5.41, 5.74) is 5.31. The number of carbonyl (C=O) groups is 1. The van der Waals surface area contributed by atoms with Crippen LogP contribution in [0.1, 0.15) is 39.0 Å². The van der Waals surface area contributed by atoms with E-state index in [2.05, 4.69) is 17.1 Å². The Hall–Kier alpha value is -0.610. The van der Waals surface area contributed by atoms with Crippen molar-refractivity contribution in [2.75, 3.05) is 20.1 Å². The molecule has 1 fully saturated rings. The van der Waals surface area contributed by atoms with E-state index >= 15 is 0 Å². The number of amides is 1. The summed E-state index contributed by atoms with van der Waals surface area (Å²) in [6.07, 6.45) is 6.05. The van der Waals surface area contributed by atoms with Crippen molar-refractivity contribution in [2.24, 2.45) is 5.73 Å². The summed E-state index contributed by atoms with van der Waals surface area (Å²) in [5, 5.41) is 2.97. The molecule has 94 valence electrons. The summed E-state index contributed by atoms with van der Waals surface area (Å²) in [5.74, 6) is -0.245. The van der Waals surface area contributed by atoms with Crippen LogP contribution in [-0.4, -0.2) is 43.0 Å². The van der Waals surface area contributed by atoms with E-state index < -0.39 is 0 Å². The molecule has 0 radical (unpaired) electrons. The number of nitrogens with one attached hydrogen (secondary N) is 1. The zero-order chi connectivity index (χ0) is 12.0. The molecule has 0 spiro atoms. The highest BCUT2D eigenvalue weighted by atomic mass is 16.1. The third-order valence-electron chi connectivity index (χ3n) is 3.59. The van der Waals surface area contributed by atoms with Crippen LogP contribution in [0.2, 0.25) is 0 Å². The minimum atomic E-state index is -0.245. The first kappa shape index (κ1) is 13.5. The second-order valence-corrected chi connectivity index (χ2v) is 4.77. The molecule has 0 saturated carbocycles. The highest BCUT2D eigenvalue weighted by molar-refractivity contribution is 5.79. The number of hydrogen-bond acceptors (Lipinski definition) is 3. The number of likely N-dealkylation sites (tertiary alicyclic amines) is 1. The Labute approximate surface area is 98.6 Å². The van der Waals surface area contributed by atoms with Crippen LogP contribution < -0.4 is 11.1 Å². The lowest BCUT2D eigenvalue weighted by Crippen LogP contribution is -2.43. The fourth-order valence-electron chi connectivity index (χ4n) is 2.39. The Bertz CT molecular complexity index is 220. The van der Waals surface area contributed by atoms with Gasteiger partial charge in [-0.15, -0.1) is 0 Å². The Kier molecular flexibility index (Phi) is 5.77. The first-order valence-electron chi connectivity index (χ1n) is 6.35. The maximum atomic E-state index is 11.1. The van der Waals surface area contributed by atoms with E-state index in [-0.39, 0.29) is 11.9 Å². The number of likely N-dealkylation sites (N-methyl/N-ethyl adjacent to an activating group) is 1. The van der Waals surface area contributed by atoms with E-state index in [0.29, 0.717) is 6.04 Å². The van der Waals surface area contributed by atoms with Crippen LogP contribution in [0.5, 0.6) is 0 Å². The zero-order valence-electron chi connectivity index (χ0n) is 10.5. The summed E-state index contributed by atoms with van der Waals surface area (Å²) >= 11 is 0. The topological polar surface area (TPSA) is 58.4 Å². The molecule has 4 nitrogen and oxygen atoms in total. The average Bonchev–Trinajstić information content (AvgIpc) is 2.44. The van der Waals surface area contributed by atoms with Gasteiger partial charge in [-0.2, -0.15) is 0 Å². The van der Waals surface area contributed by atoms with E-state index in [0.717, 1.165) is 19.5 Å². The number of nitrogens with two attached hydrogens (primary N) is 1. The Morgan fingerprint density at radius 1 is 1.50 bits per heavy atom. The molecule has 0 aliphatic carbocycles. The lowest BCUT2D eigenvalue weighted by atomic mass is 10.1. The molecule has 0 aromatic heterocycles. The molecule has 1 amide bonds. The van der Waals surface area contributed by atoms with Gasteiger partial charge < -0.3 is 16.0 Å². The first-order chi connectivity index (χ1) is 7.65. The normalized spacial score (nSPS) is 25.0. The molecule has 0 aromatic rings. The van der Waals surface area contributed by atoms with Gasteiger partial charge in [0.2, 0.25) is 5.91 Å². The molecule has 1 aliphatic heterocycles. The van der Waals surface area contributed by atoms with Crippen LogP contribution in [-0.2, 0) is 4.79 Å². The predicted molar refractivity (Wildman–Crippen MR) is 66.2 cm³/mol. The van der Waals surface area contributed by atoms with Crippen molar-refractivity contribution in [3.8, 4) is 0 Å². The van der Waals surface area contributed by atoms with Gasteiger partial charge >= 0.3 is 0 Å². The lowest BCUT2D eigenvalue weighted by Gasteiger charge is -2.28. The standard InChI is InChI=1S/C12H25N3O/c1-10-6-4-3-5-8-15(10)9-7-11(14-2)12(13)16/h10-11,14H,3-9H2,1-2H3,(H2,13,16). The van der Waals surface area contributed by atoms with Crippen LogP contribution in [0.3, 0.4) is 0 Å². The van der Waals surface area contributed by atoms with Gasteiger partial charge in [-0.05, 0) is 39.8 Å². The molecule has 1 aliphatic rings. The van der Waals surface area contributed by atoms with Gasteiger partial charge in [0.25, 0.3) is 0 Å². The molecule has 1 rings (SSSR count). The molecule has 3 N–H and O–H groups in total. The molecule has 0 aromatic carbocycles. The van der Waals surface area contributed by atoms with E-state index in [1.54, 1.807) is 7.05 Å². The molecule has 1 saturated heterocycles. The summed E-state index contributed by atoms with van der Waals surface area (Å²) in [6.45, 7) is 4.41. The van der Waals surface area contributed by atoms with Crippen molar-refractivity contribution in [1.82, 2.24) is 10.2 Å². The SMILES string of the molecule is CNC(CCN1CCCCCC1C)C(N)=O. The Balaban J connectivity index is 2.36. The maximum absolute atomic E-state index is 11.1. The van der Waals surface area contributed by atoms with Crippen LogP contribution in [0, 0.1) is 0 Å². The quantitative estimate of drug-likeness (QED) is 0.727. The van der Waals surface area contributed by atoms with Crippen LogP contribution in [0.15, 0.2) is 0 Å². The third kappa shape index (κ3) is 4.10. The summed E-state index contributed by atoms with van der Waals surface area (Å²) in [4.78, 5) is 13.6. The van der Waals surface area contributed by atoms with Crippen molar-refractivity contribution in [1.29, 1.82) is 0 Å². The van der Waals surface area contributed by atoms with Gasteiger partial charge in [-0.3, -0.25) is 4.79 Å². The molecule has 2 atom stereocenters. The van der Waals surface area contributed by atoms with Crippen LogP contribution in [0.4, 0.5) is 0 Å². The summed E-state index contributed by atoms with van der Waals surface area (Å²) in [6, 6.07) is 0.461. The minimum Gasteiger partial charge on any atom is -0.368 e. The van der Waals surface area contributed by atoms with Crippen molar-refractivity contribution >= 4 is 5.91 Å². The van der Waals surface area contributed by atoms with Gasteiger partial charge in [-0.25, -0.2) is 0 Å². The summed E-state index contributed by atoms with van der Waals surface area (Å²) < 4.78 is 0. The van der Waals surface area contributed by atoms with Crippen LogP contribution >= 0.6 is 0 Å². The van der Waals surface area contributed by atoms with E-state index in [4.69, 9.17) is 5.73 Å². The number of primary amides is 1. The fourth-order valence-corrected chi connectivity index (χ4v) is 2.39. The molecular formula is C12H25N3O. The molecule has 0 bridgehead atoms. The highest BCUT2D eigenvalue weighted by Gasteiger charge is 2.19. The highest BCUT2D eigenvalue weighted by Crippen LogP contribution is 2.16. The first-order valence-corrected chi connectivity index (χ1v) is 6.35. The van der Waals surface area contributed by atoms with E-state index in [1.165, 1.54) is 25.7 Å². The van der Waals surface area contributed by atoms with Gasteiger partial charge in [0.05, 0.1) is 6.04 Å². The monoisotopic (exact) mass is 227 g/mol. The molecule has 4 heteroatoms. The van der Waals surface area contributed by atoms with Crippen molar-refractivity contribution in [3.63, 3.8) is 0 Å². The minimum absolute atomic E-state index is 0.185. The van der Waals surface area contributed by atoms with Crippen molar-refractivity contribution < 1.29 is 4.79 Å². The molecule has 2 unspecified atom stereocenters. The van der Waals surface area contributed by atoms with Gasteiger partial charge in [0.1, 0.15) is 0 Å². The Morgan fingerprint density at radius 3 is 2.88 bits per heavy atom. The molecule has 1 heterocycles. The zero-order valence-corrected chi connectivity index (χ0v) is 10.5. The van der Waals surface area contributed by atoms with Gasteiger partial charge in [0, 0.05) is 12.6 Å². The number of rotatable bonds is 5. The average molecular weight is 227 g/mol. The second kappa shape index (κ2) is 6.86. The molecule has 16 heavy (non-hydrogen) atoms. The largest absolute Gasteiger partial charge is 0.368 e. The number of carbonyl (C=O) groups excluding carboxylic acids is 1. The maximum Gasteiger partial charge on any atom is 0.234 e. The smallest absolute Gasteiger partial charge is 0.234 e. The summed E-state index contributed by atoms with van der Waals surface area (Å²) in [7, 11) is 1.79. The predicted octanol–water partition coefficient (Wildman–Crippen LogP) is 0.714. The third-order valence-corrected chi connectivity index (χ3v) is 3.59. The van der Waals surface area contributed by atoms with E-state index in [9.17, 15) is 4.79 Å². The molecular weight excluding hydrogens is 202 g/mol. The Morgan fingerprint density at radius 2 is 2.25 bits per heavy atom.